The molecule has 0 unspecified atom stereocenters. The molecule has 1 aliphatic rings. The van der Waals surface area contributed by atoms with Crippen molar-refractivity contribution in [3.63, 3.8) is 0 Å². The minimum Gasteiger partial charge on any atom is -0.497 e. The smallest absolute Gasteiger partial charge is 0.173 e. The average molecular weight is 421 g/mol. The highest BCUT2D eigenvalue weighted by molar-refractivity contribution is 8.00. The molecular formula is C23H20N2O2S2. The molecule has 0 spiro atoms. The number of benzene rings is 1. The predicted octanol–water partition coefficient (Wildman–Crippen LogP) is 5.54. The van der Waals surface area contributed by atoms with E-state index in [0.717, 1.165) is 47.6 Å². The van der Waals surface area contributed by atoms with E-state index in [1.165, 1.54) is 17.3 Å². The molecule has 0 aliphatic heterocycles. The molecule has 1 aromatic carbocycles. The second kappa shape index (κ2) is 8.81. The number of hydrogen-bond acceptors (Lipinski definition) is 6. The molecule has 0 saturated heterocycles. The lowest BCUT2D eigenvalue weighted by molar-refractivity contribution is 0.102. The summed E-state index contributed by atoms with van der Waals surface area (Å²) < 4.78 is 5.15. The molecule has 0 saturated carbocycles. The van der Waals surface area contributed by atoms with Crippen molar-refractivity contribution >= 4 is 28.9 Å². The van der Waals surface area contributed by atoms with Crippen molar-refractivity contribution in [1.29, 1.82) is 5.26 Å². The first kappa shape index (κ1) is 19.7. The minimum absolute atomic E-state index is 0.0127. The van der Waals surface area contributed by atoms with E-state index in [1.54, 1.807) is 42.7 Å². The van der Waals surface area contributed by atoms with E-state index in [9.17, 15) is 10.1 Å². The van der Waals surface area contributed by atoms with Gasteiger partial charge in [0, 0.05) is 21.7 Å². The molecule has 4 rings (SSSR count). The Bertz CT molecular complexity index is 1070. The van der Waals surface area contributed by atoms with Crippen LogP contribution in [0.5, 0.6) is 5.75 Å². The summed E-state index contributed by atoms with van der Waals surface area (Å²) >= 11 is 3.00. The van der Waals surface area contributed by atoms with Gasteiger partial charge >= 0.3 is 0 Å². The highest BCUT2D eigenvalue weighted by Gasteiger charge is 2.24. The van der Waals surface area contributed by atoms with Crippen LogP contribution >= 0.6 is 23.1 Å². The molecule has 0 bridgehead atoms. The van der Waals surface area contributed by atoms with Gasteiger partial charge in [-0.1, -0.05) is 17.8 Å². The van der Waals surface area contributed by atoms with E-state index in [2.05, 4.69) is 12.1 Å². The van der Waals surface area contributed by atoms with Gasteiger partial charge in [0.1, 0.15) is 16.8 Å². The Kier molecular flexibility index (Phi) is 5.98. The zero-order valence-electron chi connectivity index (χ0n) is 16.1. The quantitative estimate of drug-likeness (QED) is 0.387. The number of aromatic nitrogens is 1. The summed E-state index contributed by atoms with van der Waals surface area (Å²) in [5.74, 6) is 0.980. The maximum absolute atomic E-state index is 12.6. The molecule has 0 radical (unpaired) electrons. The fourth-order valence-corrected chi connectivity index (χ4v) is 5.32. The average Bonchev–Trinajstić information content (AvgIpc) is 3.30. The van der Waals surface area contributed by atoms with Gasteiger partial charge in [-0.3, -0.25) is 4.79 Å². The molecule has 1 aliphatic carbocycles. The van der Waals surface area contributed by atoms with Gasteiger partial charge in [0.15, 0.2) is 5.78 Å². The van der Waals surface area contributed by atoms with Gasteiger partial charge in [-0.15, -0.1) is 11.3 Å². The third-order valence-corrected chi connectivity index (χ3v) is 6.93. The fraction of sp³-hybridized carbons (Fsp3) is 0.261. The molecular weight excluding hydrogens is 400 g/mol. The number of carbonyl (C=O) groups is 1. The van der Waals surface area contributed by atoms with Crippen LogP contribution in [-0.2, 0) is 12.8 Å². The van der Waals surface area contributed by atoms with Crippen LogP contribution in [0.2, 0.25) is 0 Å². The second-order valence-electron chi connectivity index (χ2n) is 6.83. The number of fused-ring (bicyclic) bond motifs is 1. The zero-order valence-corrected chi connectivity index (χ0v) is 17.7. The molecule has 0 amide bonds. The number of ether oxygens (including phenoxy) is 1. The number of Topliss-reactive ketones (excluding diaryl/α,β-unsaturated/α-hetero) is 1. The monoisotopic (exact) mass is 420 g/mol. The first-order chi connectivity index (χ1) is 14.2. The molecule has 0 N–H and O–H groups in total. The Labute approximate surface area is 178 Å². The third kappa shape index (κ3) is 4.07. The summed E-state index contributed by atoms with van der Waals surface area (Å²) in [5.41, 5.74) is 4.54. The number of nitrogens with zero attached hydrogens (tertiary/aromatic N) is 2. The fourth-order valence-electron chi connectivity index (χ4n) is 3.61. The molecule has 146 valence electrons. The van der Waals surface area contributed by atoms with Crippen molar-refractivity contribution in [3.05, 3.63) is 64.2 Å². The predicted molar refractivity (Wildman–Crippen MR) is 117 cm³/mol. The maximum atomic E-state index is 12.6. The molecule has 2 aromatic heterocycles. The number of pyridine rings is 1. The highest BCUT2D eigenvalue weighted by Crippen LogP contribution is 2.39. The first-order valence-electron chi connectivity index (χ1n) is 9.51. The van der Waals surface area contributed by atoms with E-state index >= 15 is 0 Å². The largest absolute Gasteiger partial charge is 0.497 e. The van der Waals surface area contributed by atoms with Gasteiger partial charge in [-0.25, -0.2) is 4.98 Å². The number of thioether (sulfide) groups is 1. The van der Waals surface area contributed by atoms with Gasteiger partial charge in [-0.05, 0) is 67.0 Å². The highest BCUT2D eigenvalue weighted by atomic mass is 32.2. The molecule has 29 heavy (non-hydrogen) atoms. The van der Waals surface area contributed by atoms with E-state index in [1.807, 2.05) is 11.4 Å². The minimum atomic E-state index is 0.0127. The molecule has 4 nitrogen and oxygen atoms in total. The summed E-state index contributed by atoms with van der Waals surface area (Å²) in [4.78, 5) is 18.6. The van der Waals surface area contributed by atoms with Crippen LogP contribution in [0, 0.1) is 11.3 Å². The van der Waals surface area contributed by atoms with Crippen molar-refractivity contribution in [2.75, 3.05) is 12.9 Å². The Morgan fingerprint density at radius 1 is 1.24 bits per heavy atom. The molecule has 0 fully saturated rings. The number of thiophene rings is 1. The van der Waals surface area contributed by atoms with Crippen molar-refractivity contribution in [2.24, 2.45) is 0 Å². The van der Waals surface area contributed by atoms with E-state index in [0.29, 0.717) is 16.2 Å². The van der Waals surface area contributed by atoms with E-state index < -0.39 is 0 Å². The van der Waals surface area contributed by atoms with Crippen LogP contribution in [0.3, 0.4) is 0 Å². The van der Waals surface area contributed by atoms with Crippen LogP contribution in [0.4, 0.5) is 0 Å². The van der Waals surface area contributed by atoms with Crippen LogP contribution in [-0.4, -0.2) is 23.6 Å². The Morgan fingerprint density at radius 2 is 2.03 bits per heavy atom. The standard InChI is InChI=1S/C23H20N2O2S2/c1-27-16-10-8-15(9-11-16)20(26)14-29-23-18(13-24)22(21-7-4-12-28-21)17-5-2-3-6-19(17)25-23/h4,7-12H,2-3,5-6,14H2,1H3. The number of rotatable bonds is 6. The second-order valence-corrected chi connectivity index (χ2v) is 8.74. The summed E-state index contributed by atoms with van der Waals surface area (Å²) in [6.07, 6.45) is 4.13. The van der Waals surface area contributed by atoms with Crippen molar-refractivity contribution in [1.82, 2.24) is 4.98 Å². The van der Waals surface area contributed by atoms with Crippen LogP contribution in [0.1, 0.15) is 40.0 Å². The Balaban J connectivity index is 1.66. The van der Waals surface area contributed by atoms with Gasteiger partial charge in [0.05, 0.1) is 18.4 Å². The Hall–Kier alpha value is -2.62. The topological polar surface area (TPSA) is 63.0 Å². The molecule has 0 atom stereocenters. The summed E-state index contributed by atoms with van der Waals surface area (Å²) in [6.45, 7) is 0. The zero-order chi connectivity index (χ0) is 20.2. The molecule has 2 heterocycles. The number of methoxy groups -OCH3 is 1. The number of nitriles is 1. The van der Waals surface area contributed by atoms with Gasteiger partial charge in [-0.2, -0.15) is 5.26 Å². The number of aryl methyl sites for hydroxylation is 1. The molecule has 3 aromatic rings. The van der Waals surface area contributed by atoms with Gasteiger partial charge < -0.3 is 4.74 Å². The van der Waals surface area contributed by atoms with Crippen LogP contribution < -0.4 is 4.74 Å². The van der Waals surface area contributed by atoms with Crippen molar-refractivity contribution in [2.45, 2.75) is 30.7 Å². The van der Waals surface area contributed by atoms with Gasteiger partial charge in [0.25, 0.3) is 0 Å². The Morgan fingerprint density at radius 3 is 2.72 bits per heavy atom. The summed E-state index contributed by atoms with van der Waals surface area (Å²) in [5, 5.41) is 12.6. The third-order valence-electron chi connectivity index (χ3n) is 5.07. The van der Waals surface area contributed by atoms with Crippen LogP contribution in [0.25, 0.3) is 10.4 Å². The van der Waals surface area contributed by atoms with Crippen LogP contribution in [0.15, 0.2) is 46.8 Å². The van der Waals surface area contributed by atoms with E-state index in [-0.39, 0.29) is 11.5 Å². The lowest BCUT2D eigenvalue weighted by atomic mass is 9.89. The summed E-state index contributed by atoms with van der Waals surface area (Å²) in [6, 6.07) is 13.6. The number of ketones is 1. The maximum Gasteiger partial charge on any atom is 0.173 e. The number of carbonyl (C=O) groups excluding carboxylic acids is 1. The van der Waals surface area contributed by atoms with Crippen molar-refractivity contribution in [3.8, 4) is 22.3 Å². The SMILES string of the molecule is COc1ccc(C(=O)CSc2nc3c(c(-c4cccs4)c2C#N)CCCC3)cc1. The van der Waals surface area contributed by atoms with Gasteiger partial charge in [0.2, 0.25) is 0 Å². The van der Waals surface area contributed by atoms with Crippen molar-refractivity contribution < 1.29 is 9.53 Å². The molecule has 6 heteroatoms. The first-order valence-corrected chi connectivity index (χ1v) is 11.4. The lowest BCUT2D eigenvalue weighted by Gasteiger charge is -2.21. The normalized spacial score (nSPS) is 12.8. The summed E-state index contributed by atoms with van der Waals surface area (Å²) in [7, 11) is 1.60. The van der Waals surface area contributed by atoms with E-state index in [4.69, 9.17) is 9.72 Å². The lowest BCUT2D eigenvalue weighted by Crippen LogP contribution is -2.11. The number of hydrogen-bond donors (Lipinski definition) is 0.